The Hall–Kier alpha value is -2.04. The van der Waals surface area contributed by atoms with Crippen LogP contribution in [0.2, 0.25) is 5.02 Å². The lowest BCUT2D eigenvalue weighted by molar-refractivity contribution is 0.0373. The predicted octanol–water partition coefficient (Wildman–Crippen LogP) is 4.92. The van der Waals surface area contributed by atoms with Crippen molar-refractivity contribution >= 4 is 23.1 Å². The average Bonchev–Trinajstić information content (AvgIpc) is 2.53. The molecule has 2 aromatic rings. The van der Waals surface area contributed by atoms with Crippen LogP contribution in [0.15, 0.2) is 42.5 Å². The number of hydrogen-bond donors (Lipinski definition) is 1. The molecule has 0 amide bonds. The summed E-state index contributed by atoms with van der Waals surface area (Å²) in [5, 5.41) is 0.546. The van der Waals surface area contributed by atoms with Gasteiger partial charge in [-0.05, 0) is 44.5 Å². The van der Waals surface area contributed by atoms with Gasteiger partial charge in [0.25, 0.3) is 0 Å². The third kappa shape index (κ3) is 5.25. The van der Waals surface area contributed by atoms with Crippen molar-refractivity contribution in [2.24, 2.45) is 0 Å². The topological polar surface area (TPSA) is 47.6 Å². The summed E-state index contributed by atoms with van der Waals surface area (Å²) in [6, 6.07) is 12.4. The maximum Gasteiger partial charge on any atom is 0.167 e. The quantitative estimate of drug-likeness (QED) is 0.595. The van der Waals surface area contributed by atoms with Crippen molar-refractivity contribution in [1.29, 1.82) is 0 Å². The van der Waals surface area contributed by atoms with E-state index < -0.39 is 0 Å². The molecule has 0 bridgehead atoms. The van der Waals surface area contributed by atoms with E-state index in [0.717, 1.165) is 5.56 Å². The first-order chi connectivity index (χ1) is 11.3. The van der Waals surface area contributed by atoms with Gasteiger partial charge in [0.15, 0.2) is 5.78 Å². The minimum absolute atomic E-state index is 0.0125. The molecule has 0 saturated carbocycles. The fourth-order valence-corrected chi connectivity index (χ4v) is 2.27. The van der Waals surface area contributed by atoms with Gasteiger partial charge in [-0.15, -0.1) is 0 Å². The van der Waals surface area contributed by atoms with Crippen LogP contribution < -0.4 is 10.2 Å². The minimum atomic E-state index is -0.364. The molecule has 0 aliphatic rings. The van der Waals surface area contributed by atoms with Gasteiger partial charge in [-0.2, -0.15) is 0 Å². The Morgan fingerprint density at radius 2 is 1.92 bits per heavy atom. The summed E-state index contributed by atoms with van der Waals surface area (Å²) in [7, 11) is 1.60. The third-order valence-electron chi connectivity index (χ3n) is 3.28. The highest BCUT2D eigenvalue weighted by molar-refractivity contribution is 6.31. The molecule has 2 aromatic carbocycles. The maximum atomic E-state index is 12.5. The SMILES string of the molecule is COc1ccc(CC(=O)c2cccc(Cl)c2)c(NOC(C)(C)C)c1. The first kappa shape index (κ1) is 18.3. The lowest BCUT2D eigenvalue weighted by Crippen LogP contribution is -2.23. The van der Waals surface area contributed by atoms with Crippen LogP contribution in [-0.4, -0.2) is 18.5 Å². The van der Waals surface area contributed by atoms with Crippen molar-refractivity contribution < 1.29 is 14.4 Å². The molecule has 2 rings (SSSR count). The van der Waals surface area contributed by atoms with E-state index in [1.54, 1.807) is 31.4 Å². The van der Waals surface area contributed by atoms with Crippen molar-refractivity contribution in [3.8, 4) is 5.75 Å². The predicted molar refractivity (Wildman–Crippen MR) is 96.9 cm³/mol. The molecule has 4 nitrogen and oxygen atoms in total. The number of anilines is 1. The molecular weight excluding hydrogens is 326 g/mol. The summed E-state index contributed by atoms with van der Waals surface area (Å²) < 4.78 is 5.25. The van der Waals surface area contributed by atoms with Crippen LogP contribution in [0.5, 0.6) is 5.75 Å². The summed E-state index contributed by atoms with van der Waals surface area (Å²) in [5.41, 5.74) is 4.69. The number of rotatable bonds is 6. The van der Waals surface area contributed by atoms with Crippen molar-refractivity contribution in [3.63, 3.8) is 0 Å². The van der Waals surface area contributed by atoms with E-state index in [2.05, 4.69) is 5.48 Å². The minimum Gasteiger partial charge on any atom is -0.497 e. The molecule has 0 aliphatic carbocycles. The first-order valence-electron chi connectivity index (χ1n) is 7.68. The summed E-state index contributed by atoms with van der Waals surface area (Å²) >= 11 is 5.96. The Balaban J connectivity index is 2.23. The zero-order chi connectivity index (χ0) is 17.7. The van der Waals surface area contributed by atoms with E-state index in [-0.39, 0.29) is 17.8 Å². The number of methoxy groups -OCH3 is 1. The normalized spacial score (nSPS) is 11.2. The smallest absolute Gasteiger partial charge is 0.167 e. The van der Waals surface area contributed by atoms with Gasteiger partial charge in [-0.25, -0.2) is 0 Å². The Labute approximate surface area is 147 Å². The van der Waals surface area contributed by atoms with Gasteiger partial charge in [0.1, 0.15) is 5.75 Å². The van der Waals surface area contributed by atoms with Crippen molar-refractivity contribution in [3.05, 3.63) is 58.6 Å². The van der Waals surface area contributed by atoms with Gasteiger partial charge < -0.3 is 4.74 Å². The number of halogens is 1. The van der Waals surface area contributed by atoms with Gasteiger partial charge in [0.05, 0.1) is 18.4 Å². The molecule has 5 heteroatoms. The molecule has 0 unspecified atom stereocenters. The molecule has 0 saturated heterocycles. The van der Waals surface area contributed by atoms with Crippen molar-refractivity contribution in [2.45, 2.75) is 32.8 Å². The van der Waals surface area contributed by atoms with Gasteiger partial charge >= 0.3 is 0 Å². The molecule has 0 atom stereocenters. The molecule has 0 heterocycles. The Kier molecular flexibility index (Phi) is 5.86. The van der Waals surface area contributed by atoms with Gasteiger partial charge in [-0.1, -0.05) is 29.8 Å². The first-order valence-corrected chi connectivity index (χ1v) is 8.06. The molecular formula is C19H22ClNO3. The van der Waals surface area contributed by atoms with Crippen LogP contribution in [-0.2, 0) is 11.3 Å². The lowest BCUT2D eigenvalue weighted by atomic mass is 10.0. The summed E-state index contributed by atoms with van der Waals surface area (Å²) in [6.45, 7) is 5.82. The van der Waals surface area contributed by atoms with Crippen LogP contribution in [0.1, 0.15) is 36.7 Å². The Bertz CT molecular complexity index is 723. The summed E-state index contributed by atoms with van der Waals surface area (Å²) in [4.78, 5) is 18.1. The summed E-state index contributed by atoms with van der Waals surface area (Å²) in [5.74, 6) is 0.676. The number of hydrogen-bond acceptors (Lipinski definition) is 4. The van der Waals surface area contributed by atoms with E-state index in [1.807, 2.05) is 39.0 Å². The number of ketones is 1. The second-order valence-electron chi connectivity index (χ2n) is 6.45. The molecule has 0 radical (unpaired) electrons. The van der Waals surface area contributed by atoms with Crippen LogP contribution in [0.4, 0.5) is 5.69 Å². The Morgan fingerprint density at radius 3 is 2.54 bits per heavy atom. The highest BCUT2D eigenvalue weighted by Gasteiger charge is 2.15. The molecule has 0 fully saturated rings. The van der Waals surface area contributed by atoms with Crippen LogP contribution >= 0.6 is 11.6 Å². The van der Waals surface area contributed by atoms with Crippen molar-refractivity contribution in [1.82, 2.24) is 0 Å². The highest BCUT2D eigenvalue weighted by atomic mass is 35.5. The Morgan fingerprint density at radius 1 is 1.17 bits per heavy atom. The number of carbonyl (C=O) groups excluding carboxylic acids is 1. The fraction of sp³-hybridized carbons (Fsp3) is 0.316. The number of nitrogens with one attached hydrogen (secondary N) is 1. The monoisotopic (exact) mass is 347 g/mol. The van der Waals surface area contributed by atoms with E-state index >= 15 is 0 Å². The highest BCUT2D eigenvalue weighted by Crippen LogP contribution is 2.25. The zero-order valence-electron chi connectivity index (χ0n) is 14.4. The van der Waals surface area contributed by atoms with Crippen LogP contribution in [0, 0.1) is 0 Å². The second kappa shape index (κ2) is 7.69. The standard InChI is InChI=1S/C19H22ClNO3/c1-19(2,3)24-21-17-12-16(23-4)9-8-13(17)11-18(22)14-6-5-7-15(20)10-14/h5-10,12,21H,11H2,1-4H3. The van der Waals surface area contributed by atoms with E-state index in [1.165, 1.54) is 0 Å². The van der Waals surface area contributed by atoms with Crippen LogP contribution in [0.3, 0.4) is 0 Å². The lowest BCUT2D eigenvalue weighted by Gasteiger charge is -2.21. The molecule has 0 aromatic heterocycles. The second-order valence-corrected chi connectivity index (χ2v) is 6.89. The molecule has 0 aliphatic heterocycles. The van der Waals surface area contributed by atoms with Crippen LogP contribution in [0.25, 0.3) is 0 Å². The van der Waals surface area contributed by atoms with Gasteiger partial charge in [0, 0.05) is 23.1 Å². The van der Waals surface area contributed by atoms with Gasteiger partial charge in [0.2, 0.25) is 0 Å². The summed E-state index contributed by atoms with van der Waals surface area (Å²) in [6.07, 6.45) is 0.236. The molecule has 128 valence electrons. The van der Waals surface area contributed by atoms with Gasteiger partial charge in [-0.3, -0.25) is 15.1 Å². The molecule has 0 spiro atoms. The van der Waals surface area contributed by atoms with Crippen molar-refractivity contribution in [2.75, 3.05) is 12.6 Å². The molecule has 1 N–H and O–H groups in total. The zero-order valence-corrected chi connectivity index (χ0v) is 15.1. The van der Waals surface area contributed by atoms with E-state index in [0.29, 0.717) is 22.0 Å². The number of ether oxygens (including phenoxy) is 1. The third-order valence-corrected chi connectivity index (χ3v) is 3.52. The number of carbonyl (C=O) groups is 1. The van der Waals surface area contributed by atoms with E-state index in [9.17, 15) is 4.79 Å². The largest absolute Gasteiger partial charge is 0.497 e. The number of Topliss-reactive ketones (excluding diaryl/α,β-unsaturated/α-hetero) is 1. The number of benzene rings is 2. The van der Waals surface area contributed by atoms with E-state index in [4.69, 9.17) is 21.2 Å². The molecule has 24 heavy (non-hydrogen) atoms. The fourth-order valence-electron chi connectivity index (χ4n) is 2.08. The maximum absolute atomic E-state index is 12.5. The average molecular weight is 348 g/mol.